The van der Waals surface area contributed by atoms with Gasteiger partial charge in [0.15, 0.2) is 6.29 Å². The van der Waals surface area contributed by atoms with Crippen LogP contribution in [0, 0.1) is 6.92 Å². The van der Waals surface area contributed by atoms with Gasteiger partial charge in [0.25, 0.3) is 0 Å². The SMILES string of the molecule is Cc1cnn(C(C)C)c1-c1ccccc1C=O. The molecule has 0 saturated carbocycles. The van der Waals surface area contributed by atoms with E-state index >= 15 is 0 Å². The van der Waals surface area contributed by atoms with E-state index in [2.05, 4.69) is 18.9 Å². The van der Waals surface area contributed by atoms with Crippen molar-refractivity contribution in [1.29, 1.82) is 0 Å². The minimum atomic E-state index is 0.276. The summed E-state index contributed by atoms with van der Waals surface area (Å²) in [5.74, 6) is 0. The van der Waals surface area contributed by atoms with Crippen molar-refractivity contribution in [3.63, 3.8) is 0 Å². The third-order valence-corrected chi connectivity index (χ3v) is 2.81. The molecule has 0 radical (unpaired) electrons. The molecular formula is C14H16N2O. The molecule has 3 nitrogen and oxygen atoms in total. The number of aryl methyl sites for hydroxylation is 1. The van der Waals surface area contributed by atoms with Crippen LogP contribution in [-0.2, 0) is 0 Å². The summed E-state index contributed by atoms with van der Waals surface area (Å²) in [5, 5.41) is 4.37. The molecule has 0 aliphatic carbocycles. The lowest BCUT2D eigenvalue weighted by atomic mass is 10.0. The third-order valence-electron chi connectivity index (χ3n) is 2.81. The molecule has 0 spiro atoms. The average Bonchev–Trinajstić information content (AvgIpc) is 2.71. The van der Waals surface area contributed by atoms with Gasteiger partial charge in [0.2, 0.25) is 0 Å². The van der Waals surface area contributed by atoms with E-state index < -0.39 is 0 Å². The van der Waals surface area contributed by atoms with Gasteiger partial charge in [-0.25, -0.2) is 0 Å². The van der Waals surface area contributed by atoms with E-state index in [0.717, 1.165) is 23.1 Å². The van der Waals surface area contributed by atoms with Gasteiger partial charge in [0.05, 0.1) is 11.9 Å². The van der Waals surface area contributed by atoms with Gasteiger partial charge in [0, 0.05) is 17.2 Å². The Kier molecular flexibility index (Phi) is 3.09. The molecule has 3 heteroatoms. The Morgan fingerprint density at radius 2 is 2.00 bits per heavy atom. The molecule has 2 aromatic rings. The molecule has 1 aromatic carbocycles. The van der Waals surface area contributed by atoms with Crippen molar-refractivity contribution in [1.82, 2.24) is 9.78 Å². The van der Waals surface area contributed by atoms with Gasteiger partial charge < -0.3 is 0 Å². The zero-order valence-corrected chi connectivity index (χ0v) is 10.3. The molecule has 88 valence electrons. The molecule has 0 fully saturated rings. The second-order valence-corrected chi connectivity index (χ2v) is 4.42. The number of hydrogen-bond acceptors (Lipinski definition) is 2. The van der Waals surface area contributed by atoms with E-state index in [9.17, 15) is 4.79 Å². The zero-order chi connectivity index (χ0) is 12.4. The van der Waals surface area contributed by atoms with E-state index in [0.29, 0.717) is 5.56 Å². The molecule has 2 rings (SSSR count). The largest absolute Gasteiger partial charge is 0.298 e. The molecule has 0 aliphatic rings. The summed E-state index contributed by atoms with van der Waals surface area (Å²) < 4.78 is 1.96. The summed E-state index contributed by atoms with van der Waals surface area (Å²) in [6.07, 6.45) is 2.74. The monoisotopic (exact) mass is 228 g/mol. The van der Waals surface area contributed by atoms with Crippen LogP contribution in [0.4, 0.5) is 0 Å². The first-order valence-corrected chi connectivity index (χ1v) is 5.74. The molecular weight excluding hydrogens is 212 g/mol. The normalized spacial score (nSPS) is 10.8. The Hall–Kier alpha value is -1.90. The first kappa shape index (κ1) is 11.6. The minimum absolute atomic E-state index is 0.276. The number of aldehydes is 1. The second kappa shape index (κ2) is 4.53. The number of carbonyl (C=O) groups excluding carboxylic acids is 1. The molecule has 0 N–H and O–H groups in total. The van der Waals surface area contributed by atoms with Crippen LogP contribution in [0.15, 0.2) is 30.5 Å². The number of benzene rings is 1. The molecule has 1 heterocycles. The van der Waals surface area contributed by atoms with E-state index in [1.54, 1.807) is 0 Å². The molecule has 0 bridgehead atoms. The van der Waals surface area contributed by atoms with Crippen LogP contribution in [0.25, 0.3) is 11.3 Å². The van der Waals surface area contributed by atoms with E-state index in [1.165, 1.54) is 0 Å². The van der Waals surface area contributed by atoms with Crippen LogP contribution < -0.4 is 0 Å². The van der Waals surface area contributed by atoms with Crippen LogP contribution in [0.1, 0.15) is 35.8 Å². The first-order chi connectivity index (χ1) is 8.15. The molecule has 0 amide bonds. The van der Waals surface area contributed by atoms with Crippen molar-refractivity contribution in [2.45, 2.75) is 26.8 Å². The van der Waals surface area contributed by atoms with Crippen molar-refractivity contribution in [3.05, 3.63) is 41.6 Å². The Morgan fingerprint density at radius 3 is 2.65 bits per heavy atom. The van der Waals surface area contributed by atoms with Crippen LogP contribution in [0.2, 0.25) is 0 Å². The van der Waals surface area contributed by atoms with Gasteiger partial charge in [-0.15, -0.1) is 0 Å². The number of carbonyl (C=O) groups is 1. The van der Waals surface area contributed by atoms with Gasteiger partial charge in [-0.1, -0.05) is 24.3 Å². The Balaban J connectivity index is 2.67. The molecule has 0 aliphatic heterocycles. The lowest BCUT2D eigenvalue weighted by Crippen LogP contribution is -2.06. The van der Waals surface area contributed by atoms with Gasteiger partial charge in [-0.05, 0) is 26.3 Å². The predicted octanol–water partition coefficient (Wildman–Crippen LogP) is 3.25. The lowest BCUT2D eigenvalue weighted by Gasteiger charge is -2.13. The van der Waals surface area contributed by atoms with E-state index in [-0.39, 0.29) is 6.04 Å². The fourth-order valence-corrected chi connectivity index (χ4v) is 1.99. The Morgan fingerprint density at radius 1 is 1.29 bits per heavy atom. The molecule has 0 atom stereocenters. The van der Waals surface area contributed by atoms with Crippen LogP contribution in [0.3, 0.4) is 0 Å². The molecule has 17 heavy (non-hydrogen) atoms. The molecule has 0 unspecified atom stereocenters. The van der Waals surface area contributed by atoms with Crippen molar-refractivity contribution >= 4 is 6.29 Å². The van der Waals surface area contributed by atoms with Crippen molar-refractivity contribution in [2.75, 3.05) is 0 Å². The van der Waals surface area contributed by atoms with Gasteiger partial charge in [0.1, 0.15) is 0 Å². The highest BCUT2D eigenvalue weighted by atomic mass is 16.1. The maximum absolute atomic E-state index is 11.1. The van der Waals surface area contributed by atoms with Crippen molar-refractivity contribution in [2.24, 2.45) is 0 Å². The fourth-order valence-electron chi connectivity index (χ4n) is 1.99. The molecule has 0 saturated heterocycles. The van der Waals surface area contributed by atoms with E-state index in [4.69, 9.17) is 0 Å². The summed E-state index contributed by atoms with van der Waals surface area (Å²) in [4.78, 5) is 11.1. The summed E-state index contributed by atoms with van der Waals surface area (Å²) in [6, 6.07) is 7.89. The van der Waals surface area contributed by atoms with E-state index in [1.807, 2.05) is 42.1 Å². The maximum atomic E-state index is 11.1. The summed E-state index contributed by atoms with van der Waals surface area (Å²) >= 11 is 0. The van der Waals surface area contributed by atoms with Crippen LogP contribution >= 0.6 is 0 Å². The fraction of sp³-hybridized carbons (Fsp3) is 0.286. The highest BCUT2D eigenvalue weighted by molar-refractivity contribution is 5.87. The van der Waals surface area contributed by atoms with Gasteiger partial charge in [-0.2, -0.15) is 5.10 Å². The number of hydrogen-bond donors (Lipinski definition) is 0. The van der Waals surface area contributed by atoms with Crippen molar-refractivity contribution in [3.8, 4) is 11.3 Å². The highest BCUT2D eigenvalue weighted by Gasteiger charge is 2.14. The number of nitrogens with zero attached hydrogens (tertiary/aromatic N) is 2. The summed E-state index contributed by atoms with van der Waals surface area (Å²) in [6.45, 7) is 6.18. The average molecular weight is 228 g/mol. The van der Waals surface area contributed by atoms with Crippen LogP contribution in [0.5, 0.6) is 0 Å². The Bertz CT molecular complexity index is 541. The molecule has 1 aromatic heterocycles. The van der Waals surface area contributed by atoms with Gasteiger partial charge in [-0.3, -0.25) is 9.48 Å². The quantitative estimate of drug-likeness (QED) is 0.756. The zero-order valence-electron chi connectivity index (χ0n) is 10.3. The van der Waals surface area contributed by atoms with Crippen LogP contribution in [-0.4, -0.2) is 16.1 Å². The summed E-state index contributed by atoms with van der Waals surface area (Å²) in [7, 11) is 0. The first-order valence-electron chi connectivity index (χ1n) is 5.74. The highest BCUT2D eigenvalue weighted by Crippen LogP contribution is 2.28. The topological polar surface area (TPSA) is 34.9 Å². The van der Waals surface area contributed by atoms with Crippen molar-refractivity contribution < 1.29 is 4.79 Å². The third kappa shape index (κ3) is 2.00. The minimum Gasteiger partial charge on any atom is -0.298 e. The lowest BCUT2D eigenvalue weighted by molar-refractivity contribution is 0.112. The second-order valence-electron chi connectivity index (χ2n) is 4.42. The van der Waals surface area contributed by atoms with Gasteiger partial charge >= 0.3 is 0 Å². The summed E-state index contributed by atoms with van der Waals surface area (Å²) in [5.41, 5.74) is 3.78. The standard InChI is InChI=1S/C14H16N2O/c1-10(2)16-14(11(3)8-15-16)13-7-5-4-6-12(13)9-17/h4-10H,1-3H3. The predicted molar refractivity (Wildman–Crippen MR) is 68.2 cm³/mol. The smallest absolute Gasteiger partial charge is 0.150 e. The Labute approximate surface area is 101 Å². The maximum Gasteiger partial charge on any atom is 0.150 e. The number of rotatable bonds is 3. The number of aromatic nitrogens is 2.